The summed E-state index contributed by atoms with van der Waals surface area (Å²) in [5.74, 6) is 0.736. The molecule has 2 aromatic heterocycles. The third kappa shape index (κ3) is 2.62. The molecule has 0 atom stereocenters. The zero-order valence-corrected chi connectivity index (χ0v) is 8.38. The van der Waals surface area contributed by atoms with Crippen molar-refractivity contribution in [3.8, 4) is 11.4 Å². The van der Waals surface area contributed by atoms with E-state index in [1.165, 1.54) is 0 Å². The van der Waals surface area contributed by atoms with Crippen LogP contribution in [-0.2, 0) is 0 Å². The van der Waals surface area contributed by atoms with E-state index in [2.05, 4.69) is 15.0 Å². The molecular formula is C11H13N3. The smallest absolute Gasteiger partial charge is 0.159 e. The lowest BCUT2D eigenvalue weighted by atomic mass is 10.2. The van der Waals surface area contributed by atoms with Gasteiger partial charge < -0.3 is 0 Å². The van der Waals surface area contributed by atoms with Crippen molar-refractivity contribution in [2.75, 3.05) is 0 Å². The van der Waals surface area contributed by atoms with Gasteiger partial charge in [-0.2, -0.15) is 0 Å². The van der Waals surface area contributed by atoms with Crippen molar-refractivity contribution in [1.29, 1.82) is 0 Å². The van der Waals surface area contributed by atoms with Crippen LogP contribution in [0.25, 0.3) is 11.4 Å². The fourth-order valence-electron chi connectivity index (χ4n) is 0.949. The van der Waals surface area contributed by atoms with Crippen LogP contribution in [0.5, 0.6) is 0 Å². The Labute approximate surface area is 83.9 Å². The molecule has 2 aromatic rings. The highest BCUT2D eigenvalue weighted by Crippen LogP contribution is 2.10. The van der Waals surface area contributed by atoms with Crippen molar-refractivity contribution in [2.24, 2.45) is 0 Å². The van der Waals surface area contributed by atoms with E-state index in [9.17, 15) is 0 Å². The Morgan fingerprint density at radius 3 is 2.00 bits per heavy atom. The van der Waals surface area contributed by atoms with Crippen LogP contribution in [0.15, 0.2) is 43.0 Å². The topological polar surface area (TPSA) is 38.7 Å². The maximum absolute atomic E-state index is 4.11. The molecule has 0 aliphatic rings. The molecule has 0 unspecified atom stereocenters. The van der Waals surface area contributed by atoms with E-state index in [0.717, 1.165) is 11.4 Å². The van der Waals surface area contributed by atoms with E-state index in [1.54, 1.807) is 30.9 Å². The van der Waals surface area contributed by atoms with Crippen LogP contribution in [0.2, 0.25) is 0 Å². The molecule has 0 fully saturated rings. The molecule has 0 saturated carbocycles. The van der Waals surface area contributed by atoms with Gasteiger partial charge in [0.25, 0.3) is 0 Å². The fourth-order valence-corrected chi connectivity index (χ4v) is 0.949. The first-order chi connectivity index (χ1) is 6.97. The van der Waals surface area contributed by atoms with Crippen LogP contribution in [0.3, 0.4) is 0 Å². The lowest BCUT2D eigenvalue weighted by molar-refractivity contribution is 1.17. The van der Waals surface area contributed by atoms with Crippen LogP contribution in [0.1, 0.15) is 13.8 Å². The number of nitrogens with zero attached hydrogens (tertiary/aromatic N) is 3. The molecule has 2 heterocycles. The highest BCUT2D eigenvalue weighted by Gasteiger charge is 1.95. The van der Waals surface area contributed by atoms with Crippen molar-refractivity contribution in [2.45, 2.75) is 13.8 Å². The van der Waals surface area contributed by atoms with Crippen molar-refractivity contribution < 1.29 is 0 Å². The molecule has 0 aromatic carbocycles. The number of rotatable bonds is 1. The summed E-state index contributed by atoms with van der Waals surface area (Å²) in [5, 5.41) is 0. The Morgan fingerprint density at radius 2 is 1.43 bits per heavy atom. The predicted octanol–water partition coefficient (Wildman–Crippen LogP) is 2.56. The molecule has 0 radical (unpaired) electrons. The average molecular weight is 187 g/mol. The first-order valence-corrected chi connectivity index (χ1v) is 4.64. The Bertz CT molecular complexity index is 308. The minimum atomic E-state index is 0.736. The van der Waals surface area contributed by atoms with Crippen LogP contribution in [0, 0.1) is 0 Å². The van der Waals surface area contributed by atoms with E-state index in [0.29, 0.717) is 0 Å². The van der Waals surface area contributed by atoms with Crippen molar-refractivity contribution in [3.63, 3.8) is 0 Å². The maximum Gasteiger partial charge on any atom is 0.159 e. The third-order valence-corrected chi connectivity index (χ3v) is 1.50. The van der Waals surface area contributed by atoms with Gasteiger partial charge in [0.1, 0.15) is 0 Å². The Hall–Kier alpha value is -1.77. The summed E-state index contributed by atoms with van der Waals surface area (Å²) in [6, 6.07) is 5.56. The lowest BCUT2D eigenvalue weighted by Gasteiger charge is -1.95. The summed E-state index contributed by atoms with van der Waals surface area (Å²) < 4.78 is 0. The summed E-state index contributed by atoms with van der Waals surface area (Å²) >= 11 is 0. The molecule has 0 spiro atoms. The molecule has 3 nitrogen and oxygen atoms in total. The number of hydrogen-bond acceptors (Lipinski definition) is 3. The van der Waals surface area contributed by atoms with E-state index in [4.69, 9.17) is 0 Å². The van der Waals surface area contributed by atoms with Crippen LogP contribution in [-0.4, -0.2) is 15.0 Å². The average Bonchev–Trinajstić information content (AvgIpc) is 2.34. The summed E-state index contributed by atoms with van der Waals surface area (Å²) in [7, 11) is 0. The Morgan fingerprint density at radius 1 is 0.857 bits per heavy atom. The normalized spacial score (nSPS) is 8.71. The van der Waals surface area contributed by atoms with Gasteiger partial charge >= 0.3 is 0 Å². The molecule has 0 bridgehead atoms. The standard InChI is InChI=1S/C9H7N3.C2H6/c1-4-11-9(12-5-1)8-2-6-10-7-3-8;1-2/h1-7H;1-2H3. The molecule has 14 heavy (non-hydrogen) atoms. The zero-order valence-electron chi connectivity index (χ0n) is 8.38. The predicted molar refractivity (Wildman–Crippen MR) is 56.6 cm³/mol. The van der Waals surface area contributed by atoms with Gasteiger partial charge in [0.15, 0.2) is 5.82 Å². The molecule has 2 rings (SSSR count). The van der Waals surface area contributed by atoms with Gasteiger partial charge in [-0.3, -0.25) is 4.98 Å². The summed E-state index contributed by atoms with van der Waals surface area (Å²) in [6.45, 7) is 4.00. The van der Waals surface area contributed by atoms with Gasteiger partial charge in [0.2, 0.25) is 0 Å². The van der Waals surface area contributed by atoms with Crippen LogP contribution in [0.4, 0.5) is 0 Å². The molecule has 3 heteroatoms. The third-order valence-electron chi connectivity index (χ3n) is 1.50. The molecule has 0 aliphatic heterocycles. The van der Waals surface area contributed by atoms with Crippen molar-refractivity contribution in [3.05, 3.63) is 43.0 Å². The zero-order chi connectivity index (χ0) is 10.2. The van der Waals surface area contributed by atoms with E-state index < -0.39 is 0 Å². The fraction of sp³-hybridized carbons (Fsp3) is 0.182. The SMILES string of the molecule is CC.c1cnc(-c2ccncc2)nc1. The highest BCUT2D eigenvalue weighted by molar-refractivity contribution is 5.52. The van der Waals surface area contributed by atoms with Gasteiger partial charge in [-0.1, -0.05) is 13.8 Å². The molecule has 0 aliphatic carbocycles. The largest absolute Gasteiger partial charge is 0.265 e. The number of hydrogen-bond donors (Lipinski definition) is 0. The van der Waals surface area contributed by atoms with Gasteiger partial charge in [0, 0.05) is 30.4 Å². The van der Waals surface area contributed by atoms with Crippen molar-refractivity contribution in [1.82, 2.24) is 15.0 Å². The second-order valence-corrected chi connectivity index (χ2v) is 2.31. The molecule has 0 N–H and O–H groups in total. The Kier molecular flexibility index (Phi) is 4.27. The first kappa shape index (κ1) is 10.3. The van der Waals surface area contributed by atoms with E-state index in [-0.39, 0.29) is 0 Å². The minimum absolute atomic E-state index is 0.736. The quantitative estimate of drug-likeness (QED) is 0.688. The minimum Gasteiger partial charge on any atom is -0.265 e. The van der Waals surface area contributed by atoms with E-state index in [1.807, 2.05) is 26.0 Å². The van der Waals surface area contributed by atoms with Gasteiger partial charge in [0.05, 0.1) is 0 Å². The summed E-state index contributed by atoms with van der Waals surface area (Å²) in [6.07, 6.45) is 6.91. The summed E-state index contributed by atoms with van der Waals surface area (Å²) in [4.78, 5) is 12.1. The second-order valence-electron chi connectivity index (χ2n) is 2.31. The number of pyridine rings is 1. The monoisotopic (exact) mass is 187 g/mol. The van der Waals surface area contributed by atoms with Gasteiger partial charge in [-0.15, -0.1) is 0 Å². The van der Waals surface area contributed by atoms with Crippen LogP contribution < -0.4 is 0 Å². The van der Waals surface area contributed by atoms with Crippen molar-refractivity contribution >= 4 is 0 Å². The highest BCUT2D eigenvalue weighted by atomic mass is 14.9. The molecule has 0 amide bonds. The molecular weight excluding hydrogens is 174 g/mol. The van der Waals surface area contributed by atoms with Gasteiger partial charge in [-0.25, -0.2) is 9.97 Å². The lowest BCUT2D eigenvalue weighted by Crippen LogP contribution is -1.85. The first-order valence-electron chi connectivity index (χ1n) is 4.64. The van der Waals surface area contributed by atoms with Gasteiger partial charge in [-0.05, 0) is 18.2 Å². The number of aromatic nitrogens is 3. The summed E-state index contributed by atoms with van der Waals surface area (Å²) in [5.41, 5.74) is 0.991. The van der Waals surface area contributed by atoms with E-state index >= 15 is 0 Å². The molecule has 0 saturated heterocycles. The maximum atomic E-state index is 4.11. The Balaban J connectivity index is 0.000000461. The molecule has 72 valence electrons. The van der Waals surface area contributed by atoms with Crippen LogP contribution >= 0.6 is 0 Å². The second kappa shape index (κ2) is 5.80.